The molecule has 0 bridgehead atoms. The van der Waals surface area contributed by atoms with Gasteiger partial charge >= 0.3 is 0 Å². The Balaban J connectivity index is 1.73. The summed E-state index contributed by atoms with van der Waals surface area (Å²) in [5, 5.41) is 0. The number of sulfonamides is 1. The van der Waals surface area contributed by atoms with E-state index < -0.39 is 10.0 Å². The quantitative estimate of drug-likeness (QED) is 0.841. The predicted molar refractivity (Wildman–Crippen MR) is 85.7 cm³/mol. The zero-order valence-electron chi connectivity index (χ0n) is 13.2. The van der Waals surface area contributed by atoms with Crippen LogP contribution >= 0.6 is 0 Å². The molecule has 3 rings (SSSR count). The van der Waals surface area contributed by atoms with E-state index in [2.05, 4.69) is 4.98 Å². The normalized spacial score (nSPS) is 16.9. The molecule has 124 valence electrons. The second-order valence-electron chi connectivity index (χ2n) is 5.51. The maximum atomic E-state index is 12.6. The average molecular weight is 337 g/mol. The first kappa shape index (κ1) is 15.9. The van der Waals surface area contributed by atoms with Gasteiger partial charge in [0.15, 0.2) is 11.5 Å². The first-order chi connectivity index (χ1) is 10.9. The molecule has 2 heterocycles. The fourth-order valence-electron chi connectivity index (χ4n) is 2.71. The van der Waals surface area contributed by atoms with Crippen LogP contribution in [-0.2, 0) is 10.0 Å². The summed E-state index contributed by atoms with van der Waals surface area (Å²) >= 11 is 0. The van der Waals surface area contributed by atoms with E-state index in [9.17, 15) is 13.2 Å². The van der Waals surface area contributed by atoms with Crippen LogP contribution in [0, 0.1) is 6.92 Å². The molecule has 0 N–H and O–H groups in total. The Kier molecular flexibility index (Phi) is 4.11. The summed E-state index contributed by atoms with van der Waals surface area (Å²) in [6.45, 7) is 4.85. The fourth-order valence-corrected chi connectivity index (χ4v) is 3.79. The van der Waals surface area contributed by atoms with E-state index >= 15 is 0 Å². The predicted octanol–water partition coefficient (Wildman–Crippen LogP) is 1.24. The van der Waals surface area contributed by atoms with Gasteiger partial charge in [0, 0.05) is 38.7 Å². The van der Waals surface area contributed by atoms with Crippen LogP contribution in [-0.4, -0.2) is 60.4 Å². The molecule has 1 aliphatic heterocycles. The van der Waals surface area contributed by atoms with Gasteiger partial charge in [-0.3, -0.25) is 4.79 Å². The van der Waals surface area contributed by atoms with E-state index in [-0.39, 0.29) is 11.7 Å². The van der Waals surface area contributed by atoms with E-state index in [1.807, 2.05) is 0 Å². The Morgan fingerprint density at radius 2 is 1.96 bits per heavy atom. The average Bonchev–Trinajstić information content (AvgIpc) is 2.93. The summed E-state index contributed by atoms with van der Waals surface area (Å²) in [6, 6.07) is 5.17. The minimum atomic E-state index is -3.19. The lowest BCUT2D eigenvalue weighted by Gasteiger charge is -2.33. The van der Waals surface area contributed by atoms with Crippen molar-refractivity contribution in [3.05, 3.63) is 29.7 Å². The maximum absolute atomic E-state index is 12.6. The molecule has 1 amide bonds. The van der Waals surface area contributed by atoms with Crippen molar-refractivity contribution in [3.8, 4) is 0 Å². The van der Waals surface area contributed by atoms with Crippen LogP contribution in [0.1, 0.15) is 23.2 Å². The van der Waals surface area contributed by atoms with Gasteiger partial charge in [-0.25, -0.2) is 13.4 Å². The van der Waals surface area contributed by atoms with Crippen LogP contribution in [0.2, 0.25) is 0 Å². The van der Waals surface area contributed by atoms with Crippen LogP contribution in [0.4, 0.5) is 0 Å². The number of nitrogens with zero attached hydrogens (tertiary/aromatic N) is 3. The van der Waals surface area contributed by atoms with Crippen molar-refractivity contribution in [3.63, 3.8) is 0 Å². The molecule has 1 aromatic carbocycles. The third-order valence-corrected chi connectivity index (χ3v) is 5.91. The van der Waals surface area contributed by atoms with E-state index in [1.54, 1.807) is 36.9 Å². The molecule has 2 aromatic rings. The Morgan fingerprint density at radius 1 is 1.26 bits per heavy atom. The number of aryl methyl sites for hydroxylation is 1. The zero-order valence-corrected chi connectivity index (χ0v) is 14.0. The Labute approximate surface area is 134 Å². The molecule has 1 aromatic heterocycles. The third-order valence-electron chi connectivity index (χ3n) is 4.03. The van der Waals surface area contributed by atoms with Crippen molar-refractivity contribution in [2.24, 2.45) is 0 Å². The molecule has 7 nitrogen and oxygen atoms in total. The lowest BCUT2D eigenvalue weighted by molar-refractivity contribution is 0.0698. The van der Waals surface area contributed by atoms with E-state index in [4.69, 9.17) is 4.42 Å². The van der Waals surface area contributed by atoms with Gasteiger partial charge in [-0.1, -0.05) is 0 Å². The van der Waals surface area contributed by atoms with Crippen molar-refractivity contribution in [2.45, 2.75) is 13.8 Å². The Hall–Kier alpha value is -1.93. The topological polar surface area (TPSA) is 83.7 Å². The standard InChI is InChI=1S/C15H19N3O4S/c1-3-23(20,21)18-8-6-17(7-9-18)15(19)12-4-5-13-14(10-12)22-11(2)16-13/h4-5,10H,3,6-9H2,1-2H3. The minimum Gasteiger partial charge on any atom is -0.441 e. The van der Waals surface area contributed by atoms with Crippen LogP contribution in [0.5, 0.6) is 0 Å². The lowest BCUT2D eigenvalue weighted by atomic mass is 10.1. The van der Waals surface area contributed by atoms with Crippen LogP contribution < -0.4 is 0 Å². The van der Waals surface area contributed by atoms with Crippen LogP contribution in [0.15, 0.2) is 22.6 Å². The Bertz CT molecular complexity index is 836. The van der Waals surface area contributed by atoms with Crippen molar-refractivity contribution < 1.29 is 17.6 Å². The van der Waals surface area contributed by atoms with Crippen LogP contribution in [0.25, 0.3) is 11.1 Å². The summed E-state index contributed by atoms with van der Waals surface area (Å²) in [6.07, 6.45) is 0. The number of hydrogen-bond acceptors (Lipinski definition) is 5. The highest BCUT2D eigenvalue weighted by Gasteiger charge is 2.28. The van der Waals surface area contributed by atoms with Gasteiger partial charge in [-0.05, 0) is 25.1 Å². The largest absolute Gasteiger partial charge is 0.441 e. The molecule has 0 spiro atoms. The first-order valence-corrected chi connectivity index (χ1v) is 9.16. The summed E-state index contributed by atoms with van der Waals surface area (Å²) in [5.74, 6) is 0.528. The molecule has 8 heteroatoms. The fraction of sp³-hybridized carbons (Fsp3) is 0.467. The van der Waals surface area contributed by atoms with Crippen LogP contribution in [0.3, 0.4) is 0 Å². The Morgan fingerprint density at radius 3 is 2.61 bits per heavy atom. The van der Waals surface area contributed by atoms with E-state index in [1.165, 1.54) is 4.31 Å². The molecule has 0 radical (unpaired) electrons. The highest BCUT2D eigenvalue weighted by molar-refractivity contribution is 7.89. The molecule has 0 aliphatic carbocycles. The molecular weight excluding hydrogens is 318 g/mol. The molecule has 0 atom stereocenters. The molecule has 1 fully saturated rings. The lowest BCUT2D eigenvalue weighted by Crippen LogP contribution is -2.50. The number of fused-ring (bicyclic) bond motifs is 1. The van der Waals surface area contributed by atoms with Crippen molar-refractivity contribution in [2.75, 3.05) is 31.9 Å². The zero-order chi connectivity index (χ0) is 16.6. The number of amides is 1. The number of carbonyl (C=O) groups is 1. The number of aromatic nitrogens is 1. The number of piperazine rings is 1. The number of oxazole rings is 1. The maximum Gasteiger partial charge on any atom is 0.254 e. The monoisotopic (exact) mass is 337 g/mol. The highest BCUT2D eigenvalue weighted by atomic mass is 32.2. The number of benzene rings is 1. The molecule has 0 unspecified atom stereocenters. The summed E-state index contributed by atoms with van der Waals surface area (Å²) in [5.41, 5.74) is 1.83. The first-order valence-electron chi connectivity index (χ1n) is 7.55. The van der Waals surface area contributed by atoms with Gasteiger partial charge in [0.1, 0.15) is 5.52 Å². The number of rotatable bonds is 3. The van der Waals surface area contributed by atoms with E-state index in [0.717, 1.165) is 5.52 Å². The van der Waals surface area contributed by atoms with Gasteiger partial charge in [-0.15, -0.1) is 0 Å². The third kappa shape index (κ3) is 3.09. The number of carbonyl (C=O) groups excluding carboxylic acids is 1. The summed E-state index contributed by atoms with van der Waals surface area (Å²) < 4.78 is 30.6. The molecule has 23 heavy (non-hydrogen) atoms. The van der Waals surface area contributed by atoms with Gasteiger partial charge in [-0.2, -0.15) is 4.31 Å². The summed E-state index contributed by atoms with van der Waals surface area (Å²) in [7, 11) is -3.19. The van der Waals surface area contributed by atoms with E-state index in [0.29, 0.717) is 43.2 Å². The van der Waals surface area contributed by atoms with Gasteiger partial charge in [0.05, 0.1) is 5.75 Å². The van der Waals surface area contributed by atoms with Crippen molar-refractivity contribution in [1.29, 1.82) is 0 Å². The second kappa shape index (κ2) is 5.93. The molecule has 1 saturated heterocycles. The van der Waals surface area contributed by atoms with Crippen molar-refractivity contribution >= 4 is 27.0 Å². The summed E-state index contributed by atoms with van der Waals surface area (Å²) in [4.78, 5) is 18.5. The van der Waals surface area contributed by atoms with Gasteiger partial charge in [0.25, 0.3) is 5.91 Å². The smallest absolute Gasteiger partial charge is 0.254 e. The highest BCUT2D eigenvalue weighted by Crippen LogP contribution is 2.19. The molecule has 1 aliphatic rings. The van der Waals surface area contributed by atoms with Crippen molar-refractivity contribution in [1.82, 2.24) is 14.2 Å². The minimum absolute atomic E-state index is 0.0858. The van der Waals surface area contributed by atoms with Gasteiger partial charge in [0.2, 0.25) is 10.0 Å². The second-order valence-corrected chi connectivity index (χ2v) is 7.76. The van der Waals surface area contributed by atoms with Gasteiger partial charge < -0.3 is 9.32 Å². The number of hydrogen-bond donors (Lipinski definition) is 0. The molecule has 0 saturated carbocycles. The molecular formula is C15H19N3O4S. The SMILES string of the molecule is CCS(=O)(=O)N1CCN(C(=O)c2ccc3nc(C)oc3c2)CC1.